The van der Waals surface area contributed by atoms with Gasteiger partial charge in [0.05, 0.1) is 11.7 Å². The minimum Gasteiger partial charge on any atom is -0.278 e. The minimum atomic E-state index is 0.732. The van der Waals surface area contributed by atoms with Crippen molar-refractivity contribution in [2.75, 3.05) is 0 Å². The third kappa shape index (κ3) is 1.29. The van der Waals surface area contributed by atoms with Gasteiger partial charge in [-0.05, 0) is 47.9 Å². The zero-order chi connectivity index (χ0) is 11.1. The number of H-pyrrole nitrogens is 1. The summed E-state index contributed by atoms with van der Waals surface area (Å²) in [6.45, 7) is 4.61. The lowest BCUT2D eigenvalue weighted by atomic mass is 9.92. The molecular weight excluding hydrogens is 196 g/mol. The molecule has 0 bridgehead atoms. The lowest BCUT2D eigenvalue weighted by Gasteiger charge is -2.13. The van der Waals surface area contributed by atoms with Crippen LogP contribution in [-0.2, 0) is 12.8 Å². The highest BCUT2D eigenvalue weighted by Crippen LogP contribution is 2.39. The Balaban J connectivity index is 2.30. The molecule has 1 aromatic carbocycles. The molecule has 1 heterocycles. The van der Waals surface area contributed by atoms with Gasteiger partial charge >= 0.3 is 0 Å². The van der Waals surface area contributed by atoms with E-state index >= 15 is 0 Å². The summed E-state index contributed by atoms with van der Waals surface area (Å²) in [6, 6.07) is 2.31. The first kappa shape index (κ1) is 9.88. The largest absolute Gasteiger partial charge is 0.278 e. The number of hydrogen-bond acceptors (Lipinski definition) is 1. The average molecular weight is 214 g/mol. The lowest BCUT2D eigenvalue weighted by Crippen LogP contribution is -1.97. The molecule has 1 atom stereocenters. The topological polar surface area (TPSA) is 28.7 Å². The second kappa shape index (κ2) is 3.62. The summed E-state index contributed by atoms with van der Waals surface area (Å²) >= 11 is 0. The molecule has 1 aliphatic rings. The molecule has 1 unspecified atom stereocenters. The van der Waals surface area contributed by atoms with Crippen LogP contribution in [0.4, 0.5) is 0 Å². The minimum absolute atomic E-state index is 0.732. The molecule has 16 heavy (non-hydrogen) atoms. The Morgan fingerprint density at radius 1 is 1.50 bits per heavy atom. The predicted molar refractivity (Wildman–Crippen MR) is 66.8 cm³/mol. The maximum Gasteiger partial charge on any atom is 0.0656 e. The van der Waals surface area contributed by atoms with E-state index in [0.29, 0.717) is 0 Å². The lowest BCUT2D eigenvalue weighted by molar-refractivity contribution is 0.738. The SMILES string of the molecule is CCCc1c2c(cc3[nH]ncc13)CCC2C. The molecular formula is C14H18N2. The summed E-state index contributed by atoms with van der Waals surface area (Å²) in [5, 5.41) is 8.64. The molecule has 2 aromatic rings. The summed E-state index contributed by atoms with van der Waals surface area (Å²) in [6.07, 6.45) is 6.94. The highest BCUT2D eigenvalue weighted by atomic mass is 15.1. The third-order valence-corrected chi connectivity index (χ3v) is 3.82. The number of aromatic nitrogens is 2. The van der Waals surface area contributed by atoms with Crippen molar-refractivity contribution >= 4 is 10.9 Å². The van der Waals surface area contributed by atoms with Gasteiger partial charge in [-0.3, -0.25) is 5.10 Å². The summed E-state index contributed by atoms with van der Waals surface area (Å²) in [5.74, 6) is 0.732. The van der Waals surface area contributed by atoms with Gasteiger partial charge < -0.3 is 0 Å². The molecule has 3 rings (SSSR count). The zero-order valence-electron chi connectivity index (χ0n) is 10.0. The van der Waals surface area contributed by atoms with Crippen LogP contribution < -0.4 is 0 Å². The van der Waals surface area contributed by atoms with Gasteiger partial charge in [-0.1, -0.05) is 20.3 Å². The van der Waals surface area contributed by atoms with E-state index in [1.165, 1.54) is 36.6 Å². The number of aromatic amines is 1. The van der Waals surface area contributed by atoms with Crippen LogP contribution in [0.5, 0.6) is 0 Å². The average Bonchev–Trinajstić information content (AvgIpc) is 2.86. The molecule has 0 saturated carbocycles. The molecule has 1 aliphatic carbocycles. The highest BCUT2D eigenvalue weighted by Gasteiger charge is 2.23. The fourth-order valence-corrected chi connectivity index (χ4v) is 3.09. The van der Waals surface area contributed by atoms with Gasteiger partial charge in [-0.15, -0.1) is 0 Å². The number of nitrogens with one attached hydrogen (secondary N) is 1. The van der Waals surface area contributed by atoms with Crippen LogP contribution in [0.1, 0.15) is 49.3 Å². The van der Waals surface area contributed by atoms with Gasteiger partial charge in [0.25, 0.3) is 0 Å². The van der Waals surface area contributed by atoms with Crippen LogP contribution >= 0.6 is 0 Å². The Bertz CT molecular complexity index is 525. The third-order valence-electron chi connectivity index (χ3n) is 3.82. The van der Waals surface area contributed by atoms with E-state index < -0.39 is 0 Å². The molecule has 0 amide bonds. The van der Waals surface area contributed by atoms with Gasteiger partial charge in [-0.25, -0.2) is 0 Å². The van der Waals surface area contributed by atoms with Crippen LogP contribution in [0.3, 0.4) is 0 Å². The summed E-state index contributed by atoms with van der Waals surface area (Å²) in [7, 11) is 0. The molecule has 0 radical (unpaired) electrons. The molecule has 0 saturated heterocycles. The van der Waals surface area contributed by atoms with Gasteiger partial charge in [0, 0.05) is 5.39 Å². The van der Waals surface area contributed by atoms with Crippen LogP contribution in [0.15, 0.2) is 12.3 Å². The Morgan fingerprint density at radius 3 is 3.19 bits per heavy atom. The maximum absolute atomic E-state index is 4.18. The zero-order valence-corrected chi connectivity index (χ0v) is 10.0. The molecule has 0 spiro atoms. The van der Waals surface area contributed by atoms with E-state index in [2.05, 4.69) is 30.1 Å². The first-order valence-electron chi connectivity index (χ1n) is 6.29. The standard InChI is InChI=1S/C14H18N2/c1-3-4-11-12-8-15-16-13(12)7-10-6-5-9(2)14(10)11/h7-9H,3-6H2,1-2H3,(H,15,16). The van der Waals surface area contributed by atoms with E-state index in [1.54, 1.807) is 16.7 Å². The molecule has 1 N–H and O–H groups in total. The Hall–Kier alpha value is -1.31. The smallest absolute Gasteiger partial charge is 0.0656 e. The van der Waals surface area contributed by atoms with Crippen molar-refractivity contribution in [3.63, 3.8) is 0 Å². The maximum atomic E-state index is 4.18. The highest BCUT2D eigenvalue weighted by molar-refractivity contribution is 5.84. The van der Waals surface area contributed by atoms with Crippen LogP contribution in [0.25, 0.3) is 10.9 Å². The Kier molecular flexibility index (Phi) is 2.23. The van der Waals surface area contributed by atoms with Gasteiger partial charge in [0.1, 0.15) is 0 Å². The summed E-state index contributed by atoms with van der Waals surface area (Å²) in [4.78, 5) is 0. The fourth-order valence-electron chi connectivity index (χ4n) is 3.09. The number of hydrogen-bond donors (Lipinski definition) is 1. The summed E-state index contributed by atoms with van der Waals surface area (Å²) in [5.41, 5.74) is 5.94. The van der Waals surface area contributed by atoms with Crippen molar-refractivity contribution in [2.24, 2.45) is 0 Å². The number of aryl methyl sites for hydroxylation is 2. The quantitative estimate of drug-likeness (QED) is 0.813. The van der Waals surface area contributed by atoms with Crippen molar-refractivity contribution in [3.8, 4) is 0 Å². The molecule has 1 aromatic heterocycles. The Labute approximate surface area is 96.1 Å². The molecule has 84 valence electrons. The van der Waals surface area contributed by atoms with Crippen molar-refractivity contribution in [3.05, 3.63) is 29.0 Å². The van der Waals surface area contributed by atoms with Gasteiger partial charge in [0.2, 0.25) is 0 Å². The molecule has 2 heteroatoms. The van der Waals surface area contributed by atoms with E-state index in [0.717, 1.165) is 5.92 Å². The number of fused-ring (bicyclic) bond motifs is 2. The van der Waals surface area contributed by atoms with Crippen LogP contribution in [-0.4, -0.2) is 10.2 Å². The molecule has 0 fully saturated rings. The van der Waals surface area contributed by atoms with Gasteiger partial charge in [0.15, 0.2) is 0 Å². The first-order chi connectivity index (χ1) is 7.81. The molecule has 0 aliphatic heterocycles. The van der Waals surface area contributed by atoms with Crippen molar-refractivity contribution < 1.29 is 0 Å². The van der Waals surface area contributed by atoms with E-state index in [1.807, 2.05) is 6.20 Å². The van der Waals surface area contributed by atoms with Crippen molar-refractivity contribution in [1.29, 1.82) is 0 Å². The fraction of sp³-hybridized carbons (Fsp3) is 0.500. The van der Waals surface area contributed by atoms with Crippen molar-refractivity contribution in [1.82, 2.24) is 10.2 Å². The Morgan fingerprint density at radius 2 is 2.38 bits per heavy atom. The predicted octanol–water partition coefficient (Wildman–Crippen LogP) is 3.57. The van der Waals surface area contributed by atoms with Crippen molar-refractivity contribution in [2.45, 2.75) is 45.4 Å². The van der Waals surface area contributed by atoms with E-state index in [9.17, 15) is 0 Å². The number of benzene rings is 1. The van der Waals surface area contributed by atoms with E-state index in [-0.39, 0.29) is 0 Å². The molecule has 2 nitrogen and oxygen atoms in total. The van der Waals surface area contributed by atoms with Crippen LogP contribution in [0, 0.1) is 0 Å². The second-order valence-electron chi connectivity index (χ2n) is 4.95. The normalized spacial score (nSPS) is 19.2. The first-order valence-corrected chi connectivity index (χ1v) is 6.29. The van der Waals surface area contributed by atoms with E-state index in [4.69, 9.17) is 0 Å². The number of rotatable bonds is 2. The monoisotopic (exact) mass is 214 g/mol. The van der Waals surface area contributed by atoms with Crippen LogP contribution in [0.2, 0.25) is 0 Å². The number of nitrogens with zero attached hydrogens (tertiary/aromatic N) is 1. The summed E-state index contributed by atoms with van der Waals surface area (Å²) < 4.78 is 0. The van der Waals surface area contributed by atoms with Gasteiger partial charge in [-0.2, -0.15) is 5.10 Å². The second-order valence-corrected chi connectivity index (χ2v) is 4.95.